The average Bonchev–Trinajstić information content (AvgIpc) is 2.39. The third kappa shape index (κ3) is 6.61. The highest BCUT2D eigenvalue weighted by atomic mass is 19.1. The molecule has 0 aliphatic rings. The molecule has 106 valence electrons. The number of nitrogens with one attached hydrogen (secondary N) is 2. The van der Waals surface area contributed by atoms with Gasteiger partial charge in [-0.3, -0.25) is 0 Å². The van der Waals surface area contributed by atoms with Crippen molar-refractivity contribution in [2.75, 3.05) is 19.7 Å². The molecule has 1 atom stereocenters. The van der Waals surface area contributed by atoms with Crippen LogP contribution in [0.1, 0.15) is 13.3 Å². The summed E-state index contributed by atoms with van der Waals surface area (Å²) in [5.74, 6) is 0.234. The van der Waals surface area contributed by atoms with Crippen LogP contribution in [-0.2, 0) is 0 Å². The van der Waals surface area contributed by atoms with Gasteiger partial charge < -0.3 is 20.5 Å². The predicted octanol–water partition coefficient (Wildman–Crippen LogP) is 1.27. The van der Waals surface area contributed by atoms with E-state index in [1.807, 2.05) is 0 Å². The van der Waals surface area contributed by atoms with Gasteiger partial charge in [-0.1, -0.05) is 0 Å². The summed E-state index contributed by atoms with van der Waals surface area (Å²) in [5, 5.41) is 13.8. The first-order valence-corrected chi connectivity index (χ1v) is 6.16. The quantitative estimate of drug-likeness (QED) is 0.654. The lowest BCUT2D eigenvalue weighted by Gasteiger charge is -2.15. The maximum absolute atomic E-state index is 12.7. The van der Waals surface area contributed by atoms with Crippen LogP contribution in [0.3, 0.4) is 0 Å². The number of ether oxygens (including phenoxy) is 1. The van der Waals surface area contributed by atoms with Crippen molar-refractivity contribution in [3.63, 3.8) is 0 Å². The minimum absolute atomic E-state index is 0.0460. The summed E-state index contributed by atoms with van der Waals surface area (Å²) in [5.41, 5.74) is 0. The minimum atomic E-state index is -0.318. The van der Waals surface area contributed by atoms with E-state index in [9.17, 15) is 9.18 Å². The first-order chi connectivity index (χ1) is 9.11. The van der Waals surface area contributed by atoms with E-state index in [1.165, 1.54) is 24.3 Å². The number of benzene rings is 1. The molecule has 0 fully saturated rings. The molecule has 0 aliphatic heterocycles. The molecule has 0 spiro atoms. The number of hydrogen-bond donors (Lipinski definition) is 3. The molecule has 6 heteroatoms. The lowest BCUT2D eigenvalue weighted by atomic mass is 10.3. The van der Waals surface area contributed by atoms with E-state index in [0.29, 0.717) is 25.3 Å². The third-order valence-corrected chi connectivity index (χ3v) is 2.32. The summed E-state index contributed by atoms with van der Waals surface area (Å²) in [4.78, 5) is 11.3. The first-order valence-electron chi connectivity index (χ1n) is 6.16. The maximum Gasteiger partial charge on any atom is 0.314 e. The van der Waals surface area contributed by atoms with Gasteiger partial charge in [-0.15, -0.1) is 0 Å². The summed E-state index contributed by atoms with van der Waals surface area (Å²) in [6, 6.07) is 5.40. The first kappa shape index (κ1) is 15.2. The fraction of sp³-hybridized carbons (Fsp3) is 0.462. The molecular formula is C13H19FN2O3. The fourth-order valence-corrected chi connectivity index (χ4v) is 1.37. The molecule has 0 aromatic heterocycles. The van der Waals surface area contributed by atoms with Gasteiger partial charge in [0.15, 0.2) is 0 Å². The second-order valence-corrected chi connectivity index (χ2v) is 4.10. The molecule has 1 unspecified atom stereocenters. The van der Waals surface area contributed by atoms with Gasteiger partial charge in [-0.25, -0.2) is 9.18 Å². The van der Waals surface area contributed by atoms with Crippen LogP contribution in [0.15, 0.2) is 24.3 Å². The topological polar surface area (TPSA) is 70.6 Å². The Morgan fingerprint density at radius 1 is 1.37 bits per heavy atom. The van der Waals surface area contributed by atoms with E-state index >= 15 is 0 Å². The van der Waals surface area contributed by atoms with Crippen molar-refractivity contribution in [1.29, 1.82) is 0 Å². The van der Waals surface area contributed by atoms with Crippen LogP contribution in [0.4, 0.5) is 9.18 Å². The summed E-state index contributed by atoms with van der Waals surface area (Å²) in [7, 11) is 0. The molecule has 0 saturated carbocycles. The number of amides is 2. The molecule has 0 heterocycles. The van der Waals surface area contributed by atoms with Gasteiger partial charge in [0.25, 0.3) is 0 Å². The summed E-state index contributed by atoms with van der Waals surface area (Å²) in [6.07, 6.45) is 0.295. The molecule has 1 rings (SSSR count). The Bertz CT molecular complexity index is 384. The van der Waals surface area contributed by atoms with Crippen molar-refractivity contribution < 1.29 is 19.0 Å². The number of aliphatic hydroxyl groups excluding tert-OH is 1. The van der Waals surface area contributed by atoms with E-state index in [2.05, 4.69) is 10.6 Å². The van der Waals surface area contributed by atoms with Crippen molar-refractivity contribution >= 4 is 6.03 Å². The van der Waals surface area contributed by atoms with Gasteiger partial charge >= 0.3 is 6.03 Å². The molecule has 19 heavy (non-hydrogen) atoms. The molecule has 0 radical (unpaired) electrons. The zero-order valence-electron chi connectivity index (χ0n) is 10.9. The van der Waals surface area contributed by atoms with Crippen molar-refractivity contribution in [1.82, 2.24) is 10.6 Å². The van der Waals surface area contributed by atoms with Crippen molar-refractivity contribution in [2.24, 2.45) is 0 Å². The number of urea groups is 1. The standard InChI is InChI=1S/C13H19FN2O3/c1-10(9-16-13(18)15-7-2-8-17)19-12-5-3-11(14)4-6-12/h3-6,10,17H,2,7-9H2,1H3,(H2,15,16,18). The van der Waals surface area contributed by atoms with Gasteiger partial charge in [0.1, 0.15) is 17.7 Å². The van der Waals surface area contributed by atoms with Gasteiger partial charge in [0.05, 0.1) is 6.54 Å². The zero-order chi connectivity index (χ0) is 14.1. The predicted molar refractivity (Wildman–Crippen MR) is 69.6 cm³/mol. The Morgan fingerprint density at radius 3 is 2.68 bits per heavy atom. The zero-order valence-corrected chi connectivity index (χ0v) is 10.9. The molecule has 2 amide bonds. The molecule has 5 nitrogen and oxygen atoms in total. The Hall–Kier alpha value is -1.82. The SMILES string of the molecule is CC(CNC(=O)NCCCO)Oc1ccc(F)cc1. The molecule has 1 aromatic rings. The highest BCUT2D eigenvalue weighted by Gasteiger charge is 2.06. The lowest BCUT2D eigenvalue weighted by molar-refractivity contribution is 0.207. The number of aliphatic hydroxyl groups is 1. The molecule has 1 aromatic carbocycles. The monoisotopic (exact) mass is 270 g/mol. The van der Waals surface area contributed by atoms with Crippen LogP contribution in [0.2, 0.25) is 0 Å². The Labute approximate surface area is 111 Å². The summed E-state index contributed by atoms with van der Waals surface area (Å²) in [6.45, 7) is 2.61. The van der Waals surface area contributed by atoms with E-state index < -0.39 is 0 Å². The summed E-state index contributed by atoms with van der Waals surface area (Å²) < 4.78 is 18.2. The van der Waals surface area contributed by atoms with Crippen LogP contribution < -0.4 is 15.4 Å². The van der Waals surface area contributed by atoms with Crippen LogP contribution in [0, 0.1) is 5.82 Å². The molecule has 0 bridgehead atoms. The maximum atomic E-state index is 12.7. The number of rotatable bonds is 7. The molecular weight excluding hydrogens is 251 g/mol. The van der Waals surface area contributed by atoms with E-state index in [1.54, 1.807) is 6.92 Å². The van der Waals surface area contributed by atoms with E-state index in [4.69, 9.17) is 9.84 Å². The van der Waals surface area contributed by atoms with Crippen molar-refractivity contribution in [2.45, 2.75) is 19.4 Å². The molecule has 0 saturated heterocycles. The third-order valence-electron chi connectivity index (χ3n) is 2.32. The normalized spacial score (nSPS) is 11.7. The van der Waals surface area contributed by atoms with Gasteiger partial charge in [0.2, 0.25) is 0 Å². The average molecular weight is 270 g/mol. The number of hydrogen-bond acceptors (Lipinski definition) is 3. The van der Waals surface area contributed by atoms with Crippen molar-refractivity contribution in [3.05, 3.63) is 30.1 Å². The molecule has 0 aliphatic carbocycles. The Balaban J connectivity index is 2.22. The van der Waals surface area contributed by atoms with Crippen molar-refractivity contribution in [3.8, 4) is 5.75 Å². The Kier molecular flexibility index (Phi) is 6.67. The summed E-state index contributed by atoms with van der Waals surface area (Å²) >= 11 is 0. The smallest absolute Gasteiger partial charge is 0.314 e. The lowest BCUT2D eigenvalue weighted by Crippen LogP contribution is -2.40. The van der Waals surface area contributed by atoms with Gasteiger partial charge in [-0.2, -0.15) is 0 Å². The number of carbonyl (C=O) groups is 1. The van der Waals surface area contributed by atoms with Gasteiger partial charge in [0, 0.05) is 13.2 Å². The highest BCUT2D eigenvalue weighted by Crippen LogP contribution is 2.12. The van der Waals surface area contributed by atoms with Crippen LogP contribution >= 0.6 is 0 Å². The van der Waals surface area contributed by atoms with Crippen LogP contribution in [0.5, 0.6) is 5.75 Å². The highest BCUT2D eigenvalue weighted by molar-refractivity contribution is 5.73. The fourth-order valence-electron chi connectivity index (χ4n) is 1.37. The molecule has 3 N–H and O–H groups in total. The van der Waals surface area contributed by atoms with E-state index in [-0.39, 0.29) is 24.6 Å². The van der Waals surface area contributed by atoms with Gasteiger partial charge in [-0.05, 0) is 37.6 Å². The largest absolute Gasteiger partial charge is 0.489 e. The minimum Gasteiger partial charge on any atom is -0.489 e. The number of carbonyl (C=O) groups excluding carboxylic acids is 1. The Morgan fingerprint density at radius 2 is 2.05 bits per heavy atom. The second kappa shape index (κ2) is 8.31. The van der Waals surface area contributed by atoms with E-state index in [0.717, 1.165) is 0 Å². The van der Waals surface area contributed by atoms with Crippen LogP contribution in [-0.4, -0.2) is 36.9 Å². The van der Waals surface area contributed by atoms with Crippen LogP contribution in [0.25, 0.3) is 0 Å². The number of halogens is 1. The second-order valence-electron chi connectivity index (χ2n) is 4.10.